The second-order valence-corrected chi connectivity index (χ2v) is 6.15. The molecule has 9 N–H and O–H groups in total. The van der Waals surface area contributed by atoms with Crippen molar-refractivity contribution >= 4 is 17.9 Å². The molecule has 0 radical (unpaired) electrons. The molecule has 0 spiro atoms. The second kappa shape index (κ2) is 9.85. The number of hydrogen-bond donors (Lipinski definition) is 7. The van der Waals surface area contributed by atoms with Crippen LogP contribution >= 0.6 is 0 Å². The molecule has 0 aliphatic heterocycles. The predicted molar refractivity (Wildman–Crippen MR) is 91.1 cm³/mol. The van der Waals surface area contributed by atoms with E-state index in [1.165, 1.54) is 19.9 Å². The highest BCUT2D eigenvalue weighted by Gasteiger charge is 2.28. The number of nitrogens with zero attached hydrogens (tertiary/aromatic N) is 1. The molecular formula is C15H25N5O7. The molecule has 152 valence electrons. The highest BCUT2D eigenvalue weighted by atomic mass is 16.5. The summed E-state index contributed by atoms with van der Waals surface area (Å²) in [4.78, 5) is 34.2. The summed E-state index contributed by atoms with van der Waals surface area (Å²) in [6.07, 6.45) is -2.27. The number of primary amides is 1. The van der Waals surface area contributed by atoms with Gasteiger partial charge in [-0.15, -0.1) is 0 Å². The smallest absolute Gasteiger partial charge is 0.328 e. The Kier molecular flexibility index (Phi) is 8.15. The Bertz CT molecular complexity index is 661. The zero-order valence-electron chi connectivity index (χ0n) is 15.0. The van der Waals surface area contributed by atoms with Gasteiger partial charge in [0.25, 0.3) is 0 Å². The summed E-state index contributed by atoms with van der Waals surface area (Å²) in [6.45, 7) is 2.68. The lowest BCUT2D eigenvalue weighted by molar-refractivity contribution is -0.141. The Labute approximate surface area is 154 Å². The third-order valence-electron chi connectivity index (χ3n) is 3.77. The first kappa shape index (κ1) is 22.3. The summed E-state index contributed by atoms with van der Waals surface area (Å²) in [5.41, 5.74) is 11.1. The molecule has 0 fully saturated rings. The van der Waals surface area contributed by atoms with Crippen molar-refractivity contribution in [1.82, 2.24) is 15.8 Å². The van der Waals surface area contributed by atoms with Crippen LogP contribution in [0.4, 0.5) is 4.79 Å². The van der Waals surface area contributed by atoms with Crippen molar-refractivity contribution in [2.75, 3.05) is 0 Å². The minimum atomic E-state index is -1.53. The molecule has 1 aromatic rings. The van der Waals surface area contributed by atoms with Gasteiger partial charge in [-0.25, -0.2) is 9.59 Å². The summed E-state index contributed by atoms with van der Waals surface area (Å²) >= 11 is 0. The van der Waals surface area contributed by atoms with Gasteiger partial charge in [0, 0.05) is 12.5 Å². The maximum Gasteiger partial charge on any atom is 0.328 e. The third-order valence-corrected chi connectivity index (χ3v) is 3.77. The van der Waals surface area contributed by atoms with Crippen molar-refractivity contribution < 1.29 is 34.2 Å². The number of carbonyl (C=O) groups is 3. The number of carboxylic acid groups (broad SMARTS) is 1. The number of aliphatic hydroxyl groups excluding tert-OH is 2. The van der Waals surface area contributed by atoms with Crippen molar-refractivity contribution in [3.63, 3.8) is 0 Å². The molecule has 0 aliphatic carbocycles. The first-order valence-corrected chi connectivity index (χ1v) is 8.19. The van der Waals surface area contributed by atoms with Gasteiger partial charge in [0.05, 0.1) is 24.3 Å². The number of rotatable bonds is 10. The second-order valence-electron chi connectivity index (χ2n) is 6.15. The van der Waals surface area contributed by atoms with Crippen LogP contribution in [-0.4, -0.2) is 56.6 Å². The zero-order chi connectivity index (χ0) is 20.7. The van der Waals surface area contributed by atoms with Crippen molar-refractivity contribution in [2.24, 2.45) is 11.5 Å². The number of hydrogen-bond acceptors (Lipinski definition) is 8. The Morgan fingerprint density at radius 2 is 1.85 bits per heavy atom. The van der Waals surface area contributed by atoms with Gasteiger partial charge in [-0.3, -0.25) is 4.79 Å². The number of nitrogens with one attached hydrogen (secondary N) is 2. The van der Waals surface area contributed by atoms with E-state index in [1.54, 1.807) is 0 Å². The summed E-state index contributed by atoms with van der Waals surface area (Å²) < 4.78 is 5.06. The molecule has 0 bridgehead atoms. The van der Waals surface area contributed by atoms with Crippen LogP contribution in [0.3, 0.4) is 0 Å². The van der Waals surface area contributed by atoms with E-state index in [2.05, 4.69) is 15.8 Å². The molecule has 1 heterocycles. The maximum absolute atomic E-state index is 12.1. The topological polar surface area (TPSA) is 214 Å². The van der Waals surface area contributed by atoms with Gasteiger partial charge in [0.2, 0.25) is 5.91 Å². The van der Waals surface area contributed by atoms with Crippen molar-refractivity contribution in [1.29, 1.82) is 0 Å². The quantitative estimate of drug-likeness (QED) is 0.248. The zero-order valence-corrected chi connectivity index (χ0v) is 15.0. The number of aliphatic hydroxyl groups is 2. The van der Waals surface area contributed by atoms with Crippen LogP contribution in [0.1, 0.15) is 50.2 Å². The van der Waals surface area contributed by atoms with Gasteiger partial charge < -0.3 is 41.9 Å². The molecule has 27 heavy (non-hydrogen) atoms. The molecule has 12 heteroatoms. The predicted octanol–water partition coefficient (Wildman–Crippen LogP) is -1.50. The number of urea groups is 1. The molecule has 1 aromatic heterocycles. The molecule has 3 amide bonds. The van der Waals surface area contributed by atoms with E-state index in [9.17, 15) is 24.6 Å². The molecule has 0 saturated carbocycles. The fraction of sp³-hybridized carbons (Fsp3) is 0.600. The maximum atomic E-state index is 12.1. The number of nitrogens with two attached hydrogens (primary N) is 2. The normalized spacial score (nSPS) is 16.6. The average Bonchev–Trinajstić information content (AvgIpc) is 3.04. The largest absolute Gasteiger partial charge is 0.480 e. The summed E-state index contributed by atoms with van der Waals surface area (Å²) in [7, 11) is 0. The number of carbonyl (C=O) groups excluding carboxylic acids is 2. The number of carboxylic acids is 1. The van der Waals surface area contributed by atoms with Gasteiger partial charge in [-0.2, -0.15) is 0 Å². The van der Waals surface area contributed by atoms with Crippen LogP contribution in [0.25, 0.3) is 0 Å². The van der Waals surface area contributed by atoms with Crippen LogP contribution in [0.15, 0.2) is 10.6 Å². The summed E-state index contributed by atoms with van der Waals surface area (Å²) in [5.74, 6) is -1.86. The number of aliphatic carboxylic acids is 1. The lowest BCUT2D eigenvalue weighted by atomic mass is 10.1. The first-order chi connectivity index (χ1) is 12.5. The van der Waals surface area contributed by atoms with E-state index in [-0.39, 0.29) is 24.3 Å². The van der Waals surface area contributed by atoms with E-state index in [4.69, 9.17) is 21.1 Å². The molecular weight excluding hydrogens is 362 g/mol. The van der Waals surface area contributed by atoms with Crippen molar-refractivity contribution in [3.8, 4) is 0 Å². The van der Waals surface area contributed by atoms with E-state index < -0.39 is 48.2 Å². The Hall–Kier alpha value is -2.70. The number of amides is 3. The Balaban J connectivity index is 2.93. The SMILES string of the molecule is CC(O)C(NC(=O)NC(CCC(N)=O)c1cc(C(N)C(C)O)on1)C(=O)O. The van der Waals surface area contributed by atoms with Gasteiger partial charge >= 0.3 is 12.0 Å². The fourth-order valence-electron chi connectivity index (χ4n) is 2.17. The Morgan fingerprint density at radius 3 is 2.33 bits per heavy atom. The van der Waals surface area contributed by atoms with Gasteiger partial charge in [-0.05, 0) is 20.3 Å². The molecule has 0 aromatic carbocycles. The van der Waals surface area contributed by atoms with Gasteiger partial charge in [-0.1, -0.05) is 5.16 Å². The summed E-state index contributed by atoms with van der Waals surface area (Å²) in [6, 6.07) is -2.71. The van der Waals surface area contributed by atoms with E-state index >= 15 is 0 Å². The van der Waals surface area contributed by atoms with Crippen molar-refractivity contribution in [2.45, 2.75) is 57.0 Å². The molecule has 12 nitrogen and oxygen atoms in total. The van der Waals surface area contributed by atoms with Crippen LogP contribution in [0.2, 0.25) is 0 Å². The van der Waals surface area contributed by atoms with Gasteiger partial charge in [0.15, 0.2) is 11.8 Å². The lowest BCUT2D eigenvalue weighted by Gasteiger charge is -2.20. The van der Waals surface area contributed by atoms with Crippen LogP contribution in [-0.2, 0) is 9.59 Å². The van der Waals surface area contributed by atoms with Crippen molar-refractivity contribution in [3.05, 3.63) is 17.5 Å². The third kappa shape index (κ3) is 6.84. The van der Waals surface area contributed by atoms with Crippen LogP contribution in [0, 0.1) is 0 Å². The average molecular weight is 387 g/mol. The molecule has 0 saturated heterocycles. The van der Waals surface area contributed by atoms with Gasteiger partial charge in [0.1, 0.15) is 5.69 Å². The van der Waals surface area contributed by atoms with Crippen LogP contribution in [0.5, 0.6) is 0 Å². The molecule has 0 aliphatic rings. The molecule has 5 unspecified atom stereocenters. The van der Waals surface area contributed by atoms with E-state index in [0.717, 1.165) is 0 Å². The summed E-state index contributed by atoms with van der Waals surface area (Å²) in [5, 5.41) is 36.3. The standard InChI is InChI=1S/C15H25N5O7/c1-6(21)12(17)10-5-9(20-27-10)8(3-4-11(16)23)18-15(26)19-13(7(2)22)14(24)25/h5-8,12-13,21-22H,3-4,17H2,1-2H3,(H2,16,23)(H,24,25)(H2,18,19,26). The molecule has 5 atom stereocenters. The number of aromatic nitrogens is 1. The van der Waals surface area contributed by atoms with E-state index in [1.807, 2.05) is 0 Å². The highest BCUT2D eigenvalue weighted by molar-refractivity contribution is 5.83. The minimum Gasteiger partial charge on any atom is -0.480 e. The van der Waals surface area contributed by atoms with Crippen LogP contribution < -0.4 is 22.1 Å². The molecule has 1 rings (SSSR count). The lowest BCUT2D eigenvalue weighted by Crippen LogP contribution is -2.51. The first-order valence-electron chi connectivity index (χ1n) is 8.19. The highest BCUT2D eigenvalue weighted by Crippen LogP contribution is 2.22. The minimum absolute atomic E-state index is 0.0606. The van der Waals surface area contributed by atoms with E-state index in [0.29, 0.717) is 0 Å². The fourth-order valence-corrected chi connectivity index (χ4v) is 2.17. The monoisotopic (exact) mass is 387 g/mol. The Morgan fingerprint density at radius 1 is 1.22 bits per heavy atom.